The van der Waals surface area contributed by atoms with Crippen molar-refractivity contribution >= 4 is 17.2 Å². The molecule has 0 aromatic carbocycles. The number of carbonyl (C=O) groups is 1. The zero-order valence-electron chi connectivity index (χ0n) is 12.5. The van der Waals surface area contributed by atoms with Crippen LogP contribution in [0, 0.1) is 5.92 Å². The minimum absolute atomic E-state index is 0.154. The van der Waals surface area contributed by atoms with Crippen LogP contribution in [0.4, 0.5) is 0 Å². The van der Waals surface area contributed by atoms with Crippen LogP contribution in [0.3, 0.4) is 0 Å². The minimum Gasteiger partial charge on any atom is -0.348 e. The van der Waals surface area contributed by atoms with Crippen LogP contribution < -0.4 is 10.6 Å². The van der Waals surface area contributed by atoms with Gasteiger partial charge in [0.05, 0.1) is 6.04 Å². The highest BCUT2D eigenvalue weighted by Crippen LogP contribution is 2.26. The largest absolute Gasteiger partial charge is 0.348 e. The van der Waals surface area contributed by atoms with Crippen molar-refractivity contribution in [3.05, 3.63) is 22.4 Å². The third kappa shape index (κ3) is 4.60. The number of rotatable bonds is 6. The van der Waals surface area contributed by atoms with E-state index in [-0.39, 0.29) is 11.9 Å². The van der Waals surface area contributed by atoms with Crippen molar-refractivity contribution in [3.8, 4) is 0 Å². The molecule has 0 radical (unpaired) electrons. The standard InChI is InChI=1S/C16H26N2OS/c1-12(2)16(14-7-5-11-20-14)18-15(19)9-8-13-6-3-4-10-17-13/h5,7,11-13,16-17H,3-4,6,8-10H2,1-2H3,(H,18,19). The van der Waals surface area contributed by atoms with Crippen LogP contribution in [0.1, 0.15) is 56.9 Å². The summed E-state index contributed by atoms with van der Waals surface area (Å²) in [4.78, 5) is 13.4. The van der Waals surface area contributed by atoms with E-state index in [4.69, 9.17) is 0 Å². The van der Waals surface area contributed by atoms with E-state index >= 15 is 0 Å². The molecule has 1 aliphatic heterocycles. The average molecular weight is 294 g/mol. The predicted molar refractivity (Wildman–Crippen MR) is 84.9 cm³/mol. The maximum absolute atomic E-state index is 12.2. The molecule has 2 unspecified atom stereocenters. The second kappa shape index (κ2) is 7.79. The van der Waals surface area contributed by atoms with Crippen molar-refractivity contribution < 1.29 is 4.79 Å². The molecule has 20 heavy (non-hydrogen) atoms. The van der Waals surface area contributed by atoms with E-state index in [0.29, 0.717) is 18.4 Å². The zero-order valence-corrected chi connectivity index (χ0v) is 13.3. The van der Waals surface area contributed by atoms with Crippen LogP contribution in [-0.2, 0) is 4.79 Å². The number of nitrogens with one attached hydrogen (secondary N) is 2. The van der Waals surface area contributed by atoms with E-state index in [9.17, 15) is 4.79 Å². The fraction of sp³-hybridized carbons (Fsp3) is 0.688. The Labute approximate surface area is 126 Å². The van der Waals surface area contributed by atoms with Crippen LogP contribution in [0.5, 0.6) is 0 Å². The smallest absolute Gasteiger partial charge is 0.220 e. The van der Waals surface area contributed by atoms with Gasteiger partial charge in [0.1, 0.15) is 0 Å². The summed E-state index contributed by atoms with van der Waals surface area (Å²) in [5.74, 6) is 0.606. The topological polar surface area (TPSA) is 41.1 Å². The molecule has 2 heterocycles. The summed E-state index contributed by atoms with van der Waals surface area (Å²) in [5.41, 5.74) is 0. The molecule has 0 spiro atoms. The normalized spacial score (nSPS) is 20.9. The van der Waals surface area contributed by atoms with Gasteiger partial charge in [-0.15, -0.1) is 11.3 Å². The monoisotopic (exact) mass is 294 g/mol. The Balaban J connectivity index is 1.79. The Morgan fingerprint density at radius 3 is 2.95 bits per heavy atom. The van der Waals surface area contributed by atoms with Gasteiger partial charge in [0.2, 0.25) is 5.91 Å². The number of amides is 1. The first-order chi connectivity index (χ1) is 9.66. The van der Waals surface area contributed by atoms with Crippen molar-refractivity contribution in [2.24, 2.45) is 5.92 Å². The first-order valence-corrected chi connectivity index (χ1v) is 8.61. The fourth-order valence-corrected chi connectivity index (χ4v) is 3.70. The molecule has 1 amide bonds. The summed E-state index contributed by atoms with van der Waals surface area (Å²) >= 11 is 1.72. The highest BCUT2D eigenvalue weighted by molar-refractivity contribution is 7.10. The molecular weight excluding hydrogens is 268 g/mol. The molecule has 1 aliphatic rings. The molecule has 2 atom stereocenters. The van der Waals surface area contributed by atoms with Gasteiger partial charge in [-0.1, -0.05) is 26.3 Å². The predicted octanol–water partition coefficient (Wildman–Crippen LogP) is 3.48. The van der Waals surface area contributed by atoms with Gasteiger partial charge in [-0.05, 0) is 43.2 Å². The van der Waals surface area contributed by atoms with Crippen LogP contribution in [-0.4, -0.2) is 18.5 Å². The lowest BCUT2D eigenvalue weighted by Crippen LogP contribution is -2.36. The minimum atomic E-state index is 0.154. The molecule has 2 N–H and O–H groups in total. The first-order valence-electron chi connectivity index (χ1n) is 7.73. The molecule has 0 bridgehead atoms. The molecular formula is C16H26N2OS. The lowest BCUT2D eigenvalue weighted by atomic mass is 9.99. The molecule has 1 saturated heterocycles. The second-order valence-corrected chi connectivity index (χ2v) is 6.97. The summed E-state index contributed by atoms with van der Waals surface area (Å²) in [6.07, 6.45) is 5.37. The highest BCUT2D eigenvalue weighted by Gasteiger charge is 2.20. The number of piperidine rings is 1. The van der Waals surface area contributed by atoms with Crippen LogP contribution in [0.2, 0.25) is 0 Å². The van der Waals surface area contributed by atoms with Crippen molar-refractivity contribution in [2.75, 3.05) is 6.54 Å². The Hall–Kier alpha value is -0.870. The van der Waals surface area contributed by atoms with Crippen LogP contribution in [0.15, 0.2) is 17.5 Å². The highest BCUT2D eigenvalue weighted by atomic mass is 32.1. The number of hydrogen-bond donors (Lipinski definition) is 2. The molecule has 112 valence electrons. The quantitative estimate of drug-likeness (QED) is 0.843. The Bertz CT molecular complexity index is 397. The Morgan fingerprint density at radius 2 is 2.35 bits per heavy atom. The molecule has 0 aliphatic carbocycles. The Kier molecular flexibility index (Phi) is 6.05. The average Bonchev–Trinajstić information content (AvgIpc) is 2.97. The maximum Gasteiger partial charge on any atom is 0.220 e. The van der Waals surface area contributed by atoms with Gasteiger partial charge in [0.15, 0.2) is 0 Å². The molecule has 1 fully saturated rings. The van der Waals surface area contributed by atoms with Gasteiger partial charge in [0.25, 0.3) is 0 Å². The van der Waals surface area contributed by atoms with E-state index in [2.05, 4.69) is 35.9 Å². The summed E-state index contributed by atoms with van der Waals surface area (Å²) < 4.78 is 0. The maximum atomic E-state index is 12.2. The first kappa shape index (κ1) is 15.5. The molecule has 1 aromatic heterocycles. The summed E-state index contributed by atoms with van der Waals surface area (Å²) in [5, 5.41) is 8.77. The van der Waals surface area contributed by atoms with Gasteiger partial charge in [-0.25, -0.2) is 0 Å². The summed E-state index contributed by atoms with van der Waals surface area (Å²) in [6.45, 7) is 5.43. The van der Waals surface area contributed by atoms with E-state index in [1.807, 2.05) is 6.07 Å². The number of hydrogen-bond acceptors (Lipinski definition) is 3. The van der Waals surface area contributed by atoms with Gasteiger partial charge >= 0.3 is 0 Å². The molecule has 1 aromatic rings. The third-order valence-electron chi connectivity index (χ3n) is 3.97. The summed E-state index contributed by atoms with van der Waals surface area (Å²) in [7, 11) is 0. The SMILES string of the molecule is CC(C)C(NC(=O)CCC1CCCCN1)c1cccs1. The number of thiophene rings is 1. The van der Waals surface area contributed by atoms with E-state index < -0.39 is 0 Å². The second-order valence-electron chi connectivity index (χ2n) is 5.99. The van der Waals surface area contributed by atoms with Crippen molar-refractivity contribution in [1.82, 2.24) is 10.6 Å². The van der Waals surface area contributed by atoms with Crippen molar-refractivity contribution in [3.63, 3.8) is 0 Å². The van der Waals surface area contributed by atoms with Crippen molar-refractivity contribution in [2.45, 2.75) is 58.0 Å². The van der Waals surface area contributed by atoms with Crippen LogP contribution >= 0.6 is 11.3 Å². The zero-order chi connectivity index (χ0) is 14.4. The Morgan fingerprint density at radius 1 is 1.50 bits per heavy atom. The van der Waals surface area contributed by atoms with E-state index in [1.165, 1.54) is 24.1 Å². The summed E-state index contributed by atoms with van der Waals surface area (Å²) in [6, 6.07) is 4.85. The van der Waals surface area contributed by atoms with Crippen molar-refractivity contribution in [1.29, 1.82) is 0 Å². The molecule has 0 saturated carbocycles. The van der Waals surface area contributed by atoms with Gasteiger partial charge in [-0.3, -0.25) is 4.79 Å². The fourth-order valence-electron chi connectivity index (χ4n) is 2.76. The van der Waals surface area contributed by atoms with Gasteiger partial charge in [-0.2, -0.15) is 0 Å². The van der Waals surface area contributed by atoms with Gasteiger partial charge in [0, 0.05) is 17.3 Å². The molecule has 2 rings (SSSR count). The molecule has 3 nitrogen and oxygen atoms in total. The third-order valence-corrected chi connectivity index (χ3v) is 4.92. The molecule has 4 heteroatoms. The van der Waals surface area contributed by atoms with Crippen LogP contribution in [0.25, 0.3) is 0 Å². The lowest BCUT2D eigenvalue weighted by molar-refractivity contribution is -0.122. The lowest BCUT2D eigenvalue weighted by Gasteiger charge is -2.24. The number of carbonyl (C=O) groups excluding carboxylic acids is 1. The van der Waals surface area contributed by atoms with Gasteiger partial charge < -0.3 is 10.6 Å². The van der Waals surface area contributed by atoms with E-state index in [0.717, 1.165) is 13.0 Å². The van der Waals surface area contributed by atoms with E-state index in [1.54, 1.807) is 11.3 Å².